The van der Waals surface area contributed by atoms with Gasteiger partial charge in [-0.05, 0) is 30.7 Å². The molecule has 0 aliphatic carbocycles. The number of hydrogen-bond donors (Lipinski definition) is 0. The highest BCUT2D eigenvalue weighted by atomic mass is 19.3. The topological polar surface area (TPSA) is 62.5 Å². The van der Waals surface area contributed by atoms with Crippen LogP contribution in [0.2, 0.25) is 0 Å². The average Bonchev–Trinajstić information content (AvgIpc) is 2.91. The zero-order valence-electron chi connectivity index (χ0n) is 13.5. The van der Waals surface area contributed by atoms with Crippen LogP contribution in [0.25, 0.3) is 5.65 Å². The first-order valence-corrected chi connectivity index (χ1v) is 8.13. The van der Waals surface area contributed by atoms with Crippen LogP contribution >= 0.6 is 0 Å². The summed E-state index contributed by atoms with van der Waals surface area (Å²) in [6, 6.07) is 7.46. The van der Waals surface area contributed by atoms with E-state index in [4.69, 9.17) is 0 Å². The Labute approximate surface area is 142 Å². The van der Waals surface area contributed by atoms with E-state index >= 15 is 0 Å². The Bertz CT molecular complexity index is 852. The standard InChI is InChI=1S/C16H17F2N7/c17-15(18)16-21-20-13-2-3-14(22-25(13)16)24-9-1-8-23(10-11-24)12-4-6-19-7-5-12/h2-7,15H,1,8-11H2. The predicted molar refractivity (Wildman–Crippen MR) is 89.0 cm³/mol. The van der Waals surface area contributed by atoms with Crippen LogP contribution in [-0.4, -0.2) is 51.0 Å². The summed E-state index contributed by atoms with van der Waals surface area (Å²) < 4.78 is 27.2. The van der Waals surface area contributed by atoms with Gasteiger partial charge < -0.3 is 9.80 Å². The van der Waals surface area contributed by atoms with E-state index in [-0.39, 0.29) is 0 Å². The molecule has 0 N–H and O–H groups in total. The number of aromatic nitrogens is 5. The fourth-order valence-electron chi connectivity index (χ4n) is 3.06. The highest BCUT2D eigenvalue weighted by Crippen LogP contribution is 2.21. The first-order chi connectivity index (χ1) is 12.2. The second-order valence-electron chi connectivity index (χ2n) is 5.85. The summed E-state index contributed by atoms with van der Waals surface area (Å²) in [6.45, 7) is 3.32. The lowest BCUT2D eigenvalue weighted by atomic mass is 10.3. The molecule has 7 nitrogen and oxygen atoms in total. The highest BCUT2D eigenvalue weighted by molar-refractivity contribution is 5.48. The maximum atomic E-state index is 13.0. The Hall–Kier alpha value is -2.84. The minimum Gasteiger partial charge on any atom is -0.370 e. The molecule has 0 bridgehead atoms. The first-order valence-electron chi connectivity index (χ1n) is 8.13. The second-order valence-corrected chi connectivity index (χ2v) is 5.85. The van der Waals surface area contributed by atoms with Crippen LogP contribution in [0, 0.1) is 0 Å². The minimum atomic E-state index is -2.70. The number of nitrogens with zero attached hydrogens (tertiary/aromatic N) is 7. The van der Waals surface area contributed by atoms with Gasteiger partial charge in [0.25, 0.3) is 6.43 Å². The molecule has 4 rings (SSSR count). The summed E-state index contributed by atoms with van der Waals surface area (Å²) in [4.78, 5) is 8.45. The molecule has 0 spiro atoms. The number of rotatable bonds is 3. The molecule has 1 saturated heterocycles. The van der Waals surface area contributed by atoms with Crippen molar-refractivity contribution in [3.8, 4) is 0 Å². The van der Waals surface area contributed by atoms with Gasteiger partial charge in [-0.25, -0.2) is 8.78 Å². The highest BCUT2D eigenvalue weighted by Gasteiger charge is 2.20. The van der Waals surface area contributed by atoms with Gasteiger partial charge in [0.05, 0.1) is 0 Å². The van der Waals surface area contributed by atoms with E-state index in [2.05, 4.69) is 30.1 Å². The van der Waals surface area contributed by atoms with Crippen molar-refractivity contribution in [1.29, 1.82) is 0 Å². The molecule has 3 aromatic rings. The molecule has 4 heterocycles. The molecule has 130 valence electrons. The fourth-order valence-corrected chi connectivity index (χ4v) is 3.06. The Kier molecular flexibility index (Phi) is 4.12. The molecule has 0 atom stereocenters. The van der Waals surface area contributed by atoms with Crippen molar-refractivity contribution in [1.82, 2.24) is 24.8 Å². The van der Waals surface area contributed by atoms with Gasteiger partial charge in [0.2, 0.25) is 5.82 Å². The fraction of sp³-hybridized carbons (Fsp3) is 0.375. The number of halogens is 2. The Morgan fingerprint density at radius 1 is 0.880 bits per heavy atom. The summed E-state index contributed by atoms with van der Waals surface area (Å²) in [6.07, 6.45) is 1.81. The summed E-state index contributed by atoms with van der Waals surface area (Å²) >= 11 is 0. The van der Waals surface area contributed by atoms with E-state index in [9.17, 15) is 8.78 Å². The molecule has 9 heteroatoms. The molecule has 1 fully saturated rings. The number of hydrogen-bond acceptors (Lipinski definition) is 6. The normalized spacial score (nSPS) is 15.8. The molecule has 0 unspecified atom stereocenters. The quantitative estimate of drug-likeness (QED) is 0.725. The maximum absolute atomic E-state index is 13.0. The molecule has 25 heavy (non-hydrogen) atoms. The van der Waals surface area contributed by atoms with Crippen LogP contribution in [0.3, 0.4) is 0 Å². The molecule has 1 aliphatic rings. The lowest BCUT2D eigenvalue weighted by molar-refractivity contribution is 0.137. The van der Waals surface area contributed by atoms with Crippen LogP contribution < -0.4 is 9.80 Å². The van der Waals surface area contributed by atoms with Crippen molar-refractivity contribution in [2.45, 2.75) is 12.8 Å². The molecule has 3 aromatic heterocycles. The van der Waals surface area contributed by atoms with E-state index in [0.29, 0.717) is 11.5 Å². The second kappa shape index (κ2) is 6.58. The van der Waals surface area contributed by atoms with Crippen LogP contribution in [0.4, 0.5) is 20.3 Å². The van der Waals surface area contributed by atoms with E-state index in [1.165, 1.54) is 0 Å². The predicted octanol–water partition coefficient (Wildman–Crippen LogP) is 2.17. The zero-order chi connectivity index (χ0) is 17.2. The third kappa shape index (κ3) is 3.09. The average molecular weight is 345 g/mol. The van der Waals surface area contributed by atoms with Crippen molar-refractivity contribution in [3.05, 3.63) is 42.5 Å². The molecule has 1 aliphatic heterocycles. The summed E-state index contributed by atoms with van der Waals surface area (Å²) in [5, 5.41) is 11.6. The van der Waals surface area contributed by atoms with Crippen molar-refractivity contribution in [2.75, 3.05) is 36.0 Å². The zero-order valence-corrected chi connectivity index (χ0v) is 13.5. The lowest BCUT2D eigenvalue weighted by Crippen LogP contribution is -2.31. The lowest BCUT2D eigenvalue weighted by Gasteiger charge is -2.24. The van der Waals surface area contributed by atoms with Crippen molar-refractivity contribution >= 4 is 17.2 Å². The molecule has 0 saturated carbocycles. The maximum Gasteiger partial charge on any atom is 0.299 e. The van der Waals surface area contributed by atoms with Gasteiger partial charge in [0.1, 0.15) is 5.82 Å². The Morgan fingerprint density at radius 2 is 1.64 bits per heavy atom. The van der Waals surface area contributed by atoms with Gasteiger partial charge in [0.15, 0.2) is 5.65 Å². The van der Waals surface area contributed by atoms with Gasteiger partial charge in [-0.2, -0.15) is 4.52 Å². The van der Waals surface area contributed by atoms with Crippen molar-refractivity contribution in [3.63, 3.8) is 0 Å². The van der Waals surface area contributed by atoms with E-state index in [1.54, 1.807) is 24.5 Å². The van der Waals surface area contributed by atoms with Crippen LogP contribution in [0.5, 0.6) is 0 Å². The van der Waals surface area contributed by atoms with Gasteiger partial charge in [-0.15, -0.1) is 15.3 Å². The van der Waals surface area contributed by atoms with Crippen molar-refractivity contribution < 1.29 is 8.78 Å². The van der Waals surface area contributed by atoms with Crippen LogP contribution in [-0.2, 0) is 0 Å². The molecule has 0 radical (unpaired) electrons. The van der Waals surface area contributed by atoms with Gasteiger partial charge in [-0.1, -0.05) is 0 Å². The summed E-state index contributed by atoms with van der Waals surface area (Å²) in [7, 11) is 0. The molecule has 0 amide bonds. The molecule has 0 aromatic carbocycles. The smallest absolute Gasteiger partial charge is 0.299 e. The van der Waals surface area contributed by atoms with Crippen molar-refractivity contribution in [2.24, 2.45) is 0 Å². The third-order valence-corrected chi connectivity index (χ3v) is 4.32. The van der Waals surface area contributed by atoms with Crippen LogP contribution in [0.1, 0.15) is 18.7 Å². The minimum absolute atomic E-state index is 0.326. The summed E-state index contributed by atoms with van der Waals surface area (Å²) in [5.74, 6) is 0.232. The van der Waals surface area contributed by atoms with Gasteiger partial charge >= 0.3 is 0 Å². The number of anilines is 2. The van der Waals surface area contributed by atoms with E-state index < -0.39 is 12.2 Å². The number of alkyl halides is 2. The Balaban J connectivity index is 1.56. The Morgan fingerprint density at radius 3 is 2.44 bits per heavy atom. The van der Waals surface area contributed by atoms with Crippen LogP contribution in [0.15, 0.2) is 36.7 Å². The monoisotopic (exact) mass is 345 g/mol. The van der Waals surface area contributed by atoms with Gasteiger partial charge in [-0.3, -0.25) is 4.98 Å². The SMILES string of the molecule is FC(F)c1nnc2ccc(N3CCCN(c4ccncc4)CC3)nn12. The third-order valence-electron chi connectivity index (χ3n) is 4.32. The largest absolute Gasteiger partial charge is 0.370 e. The number of fused-ring (bicyclic) bond motifs is 1. The van der Waals surface area contributed by atoms with E-state index in [0.717, 1.165) is 42.8 Å². The first kappa shape index (κ1) is 15.7. The summed E-state index contributed by atoms with van der Waals surface area (Å²) in [5.41, 5.74) is 1.46. The number of pyridine rings is 1. The molecular weight excluding hydrogens is 328 g/mol. The van der Waals surface area contributed by atoms with Gasteiger partial charge in [0, 0.05) is 44.3 Å². The molecular formula is C16H17F2N7. The van der Waals surface area contributed by atoms with E-state index in [1.807, 2.05) is 12.1 Å².